The van der Waals surface area contributed by atoms with Crippen LogP contribution in [0.5, 0.6) is 0 Å². The van der Waals surface area contributed by atoms with Crippen LogP contribution in [0.15, 0.2) is 34.8 Å². The second-order valence-corrected chi connectivity index (χ2v) is 10.2. The van der Waals surface area contributed by atoms with Crippen molar-refractivity contribution in [2.24, 2.45) is 11.3 Å². The Bertz CT molecular complexity index is 1330. The van der Waals surface area contributed by atoms with Crippen molar-refractivity contribution in [2.75, 3.05) is 6.54 Å². The van der Waals surface area contributed by atoms with Gasteiger partial charge >= 0.3 is 0 Å². The maximum atomic E-state index is 12.9. The molecule has 0 aromatic carbocycles. The van der Waals surface area contributed by atoms with Crippen molar-refractivity contribution in [3.8, 4) is 6.07 Å². The second kappa shape index (κ2) is 9.06. The zero-order valence-electron chi connectivity index (χ0n) is 18.7. The summed E-state index contributed by atoms with van der Waals surface area (Å²) < 4.78 is 1.49. The summed E-state index contributed by atoms with van der Waals surface area (Å²) in [6.07, 6.45) is 8.53. The van der Waals surface area contributed by atoms with Gasteiger partial charge in [-0.15, -0.1) is 11.3 Å². The first kappa shape index (κ1) is 22.3. The molecular weight excluding hydrogens is 452 g/mol. The Morgan fingerprint density at radius 2 is 2.21 bits per heavy atom. The second-order valence-electron chi connectivity index (χ2n) is 9.32. The first-order valence-electron chi connectivity index (χ1n) is 11.6. The van der Waals surface area contributed by atoms with Crippen molar-refractivity contribution in [1.82, 2.24) is 25.2 Å². The van der Waals surface area contributed by atoms with Gasteiger partial charge in [0.05, 0.1) is 17.3 Å². The van der Waals surface area contributed by atoms with Crippen molar-refractivity contribution in [3.05, 3.63) is 51.6 Å². The van der Waals surface area contributed by atoms with E-state index in [-0.39, 0.29) is 47.7 Å². The summed E-state index contributed by atoms with van der Waals surface area (Å²) in [4.78, 5) is 45.8. The number of aryl methyl sites for hydroxylation is 1. The highest BCUT2D eigenvalue weighted by atomic mass is 32.1. The minimum absolute atomic E-state index is 0.00145. The number of nitrogens with zero attached hydrogens (tertiary/aromatic N) is 3. The first-order valence-corrected chi connectivity index (χ1v) is 12.5. The van der Waals surface area contributed by atoms with Gasteiger partial charge in [-0.2, -0.15) is 5.26 Å². The van der Waals surface area contributed by atoms with Crippen molar-refractivity contribution >= 4 is 33.4 Å². The fourth-order valence-corrected chi connectivity index (χ4v) is 6.13. The van der Waals surface area contributed by atoms with Gasteiger partial charge in [0.2, 0.25) is 5.91 Å². The molecule has 3 N–H and O–H groups in total. The number of thiophene rings is 1. The molecule has 2 aliphatic carbocycles. The van der Waals surface area contributed by atoms with Gasteiger partial charge in [-0.25, -0.2) is 4.98 Å². The molecule has 1 spiro atoms. The number of rotatable bonds is 7. The zero-order valence-corrected chi connectivity index (χ0v) is 19.5. The Balaban J connectivity index is 1.21. The third kappa shape index (κ3) is 4.12. The lowest BCUT2D eigenvalue weighted by molar-refractivity contribution is -0.123. The van der Waals surface area contributed by atoms with Crippen LogP contribution in [0.2, 0.25) is 0 Å². The number of carbonyl (C=O) groups is 2. The van der Waals surface area contributed by atoms with Gasteiger partial charge in [0.1, 0.15) is 16.6 Å². The maximum absolute atomic E-state index is 12.9. The molecule has 0 bridgehead atoms. The highest BCUT2D eigenvalue weighted by molar-refractivity contribution is 7.16. The molecule has 2 unspecified atom stereocenters. The molecule has 0 saturated heterocycles. The van der Waals surface area contributed by atoms with E-state index in [0.29, 0.717) is 28.0 Å². The van der Waals surface area contributed by atoms with Gasteiger partial charge in [0.25, 0.3) is 11.5 Å². The predicted octanol–water partition coefficient (Wildman–Crippen LogP) is 2.54. The summed E-state index contributed by atoms with van der Waals surface area (Å²) >= 11 is 1.42. The molecule has 2 saturated carbocycles. The van der Waals surface area contributed by atoms with E-state index in [4.69, 9.17) is 5.26 Å². The molecule has 176 valence electrons. The SMILES string of the molecule is N#Cc1c[nH]c(C(=O)NCC2CCC3(CCC3)C2NC(=O)CCn2cnc3sccc3c2=O)c1. The van der Waals surface area contributed by atoms with E-state index < -0.39 is 0 Å². The average molecular weight is 479 g/mol. The Labute approximate surface area is 200 Å². The van der Waals surface area contributed by atoms with Crippen LogP contribution < -0.4 is 16.2 Å². The zero-order chi connectivity index (χ0) is 23.7. The highest BCUT2D eigenvalue weighted by Gasteiger charge is 2.52. The van der Waals surface area contributed by atoms with E-state index in [9.17, 15) is 14.4 Å². The number of nitriles is 1. The fraction of sp³-hybridized carbons (Fsp3) is 0.458. The molecule has 10 heteroatoms. The Kier molecular flexibility index (Phi) is 5.96. The molecule has 0 aliphatic heterocycles. The van der Waals surface area contributed by atoms with Gasteiger partial charge in [-0.1, -0.05) is 6.42 Å². The van der Waals surface area contributed by atoms with Crippen molar-refractivity contribution < 1.29 is 9.59 Å². The van der Waals surface area contributed by atoms with Crippen LogP contribution in [0, 0.1) is 22.7 Å². The molecule has 3 aromatic rings. The molecule has 3 heterocycles. The minimum Gasteiger partial charge on any atom is -0.356 e. The lowest BCUT2D eigenvalue weighted by Crippen LogP contribution is -2.52. The number of amides is 2. The van der Waals surface area contributed by atoms with Crippen LogP contribution in [0.25, 0.3) is 10.2 Å². The van der Waals surface area contributed by atoms with E-state index in [2.05, 4.69) is 20.6 Å². The van der Waals surface area contributed by atoms with E-state index in [0.717, 1.165) is 32.1 Å². The monoisotopic (exact) mass is 478 g/mol. The van der Waals surface area contributed by atoms with E-state index in [1.165, 1.54) is 34.5 Å². The van der Waals surface area contributed by atoms with Crippen LogP contribution in [-0.2, 0) is 11.3 Å². The van der Waals surface area contributed by atoms with Crippen molar-refractivity contribution in [1.29, 1.82) is 5.26 Å². The van der Waals surface area contributed by atoms with Crippen molar-refractivity contribution in [2.45, 2.75) is 51.1 Å². The van der Waals surface area contributed by atoms with Gasteiger partial charge in [0, 0.05) is 31.7 Å². The van der Waals surface area contributed by atoms with Gasteiger partial charge < -0.3 is 15.6 Å². The largest absolute Gasteiger partial charge is 0.356 e. The summed E-state index contributed by atoms with van der Waals surface area (Å²) in [5.74, 6) is -0.197. The highest BCUT2D eigenvalue weighted by Crippen LogP contribution is 2.55. The van der Waals surface area contributed by atoms with Crippen molar-refractivity contribution in [3.63, 3.8) is 0 Å². The van der Waals surface area contributed by atoms with E-state index in [1.54, 1.807) is 6.07 Å². The smallest absolute Gasteiger partial charge is 0.267 e. The quantitative estimate of drug-likeness (QED) is 0.480. The molecule has 2 amide bonds. The first-order chi connectivity index (χ1) is 16.5. The molecule has 5 rings (SSSR count). The fourth-order valence-electron chi connectivity index (χ4n) is 5.41. The van der Waals surface area contributed by atoms with Gasteiger partial charge in [0.15, 0.2) is 0 Å². The molecule has 2 atom stereocenters. The molecule has 9 nitrogen and oxygen atoms in total. The number of H-pyrrole nitrogens is 1. The summed E-state index contributed by atoms with van der Waals surface area (Å²) in [7, 11) is 0. The number of fused-ring (bicyclic) bond motifs is 1. The summed E-state index contributed by atoms with van der Waals surface area (Å²) in [5, 5.41) is 17.6. The number of hydrogen-bond donors (Lipinski definition) is 3. The number of aromatic amines is 1. The standard InChI is InChI=1S/C24H26N6O3S/c25-11-15-10-18(26-12-15)21(32)27-13-16-2-7-24(5-1-6-24)20(16)29-19(31)3-8-30-14-28-22-17(23(30)33)4-9-34-22/h4,9-10,12,14,16,20,26H,1-3,5-8,13H2,(H,27,32)(H,29,31). The number of nitrogens with one attached hydrogen (secondary N) is 3. The number of aromatic nitrogens is 3. The molecule has 2 fully saturated rings. The van der Waals surface area contributed by atoms with Crippen LogP contribution in [0.3, 0.4) is 0 Å². The molecule has 2 aliphatic rings. The van der Waals surface area contributed by atoms with Crippen LogP contribution >= 0.6 is 11.3 Å². The average Bonchev–Trinajstić information content (AvgIpc) is 3.55. The van der Waals surface area contributed by atoms with Crippen LogP contribution in [0.1, 0.15) is 54.6 Å². The topological polar surface area (TPSA) is 133 Å². The van der Waals surface area contributed by atoms with E-state index in [1.807, 2.05) is 11.4 Å². The predicted molar refractivity (Wildman–Crippen MR) is 127 cm³/mol. The summed E-state index contributed by atoms with van der Waals surface area (Å²) in [6, 6.07) is 5.30. The minimum atomic E-state index is -0.253. The lowest BCUT2D eigenvalue weighted by Gasteiger charge is -2.45. The normalized spacial score (nSPS) is 20.7. The van der Waals surface area contributed by atoms with Crippen LogP contribution in [0.4, 0.5) is 0 Å². The molecule has 0 radical (unpaired) electrons. The Morgan fingerprint density at radius 1 is 1.35 bits per heavy atom. The Hall–Kier alpha value is -3.45. The summed E-state index contributed by atoms with van der Waals surface area (Å²) in [6.45, 7) is 0.739. The third-order valence-corrected chi connectivity index (χ3v) is 8.24. The van der Waals surface area contributed by atoms with Gasteiger partial charge in [-0.3, -0.25) is 19.0 Å². The van der Waals surface area contributed by atoms with Crippen LogP contribution in [-0.4, -0.2) is 38.9 Å². The van der Waals surface area contributed by atoms with Gasteiger partial charge in [-0.05, 0) is 54.5 Å². The third-order valence-electron chi connectivity index (χ3n) is 7.42. The number of carbonyl (C=O) groups excluding carboxylic acids is 2. The lowest BCUT2D eigenvalue weighted by atomic mass is 9.64. The molecule has 34 heavy (non-hydrogen) atoms. The van der Waals surface area contributed by atoms with E-state index >= 15 is 0 Å². The number of hydrogen-bond acceptors (Lipinski definition) is 6. The maximum Gasteiger partial charge on any atom is 0.267 e. The molecule has 3 aromatic heterocycles. The molecular formula is C24H26N6O3S. The summed E-state index contributed by atoms with van der Waals surface area (Å²) in [5.41, 5.74) is 0.756. The Morgan fingerprint density at radius 3 is 2.94 bits per heavy atom.